The number of nitrogens with zero attached hydrogens (tertiary/aromatic N) is 2. The van der Waals surface area contributed by atoms with Gasteiger partial charge in [0.2, 0.25) is 0 Å². The van der Waals surface area contributed by atoms with Gasteiger partial charge in [0, 0.05) is 17.6 Å². The van der Waals surface area contributed by atoms with Gasteiger partial charge in [-0.05, 0) is 31.5 Å². The van der Waals surface area contributed by atoms with Crippen LogP contribution in [0.4, 0.5) is 5.82 Å². The van der Waals surface area contributed by atoms with Crippen molar-refractivity contribution in [1.29, 1.82) is 0 Å². The summed E-state index contributed by atoms with van der Waals surface area (Å²) < 4.78 is 0. The van der Waals surface area contributed by atoms with E-state index in [0.717, 1.165) is 23.9 Å². The third-order valence-electron chi connectivity index (χ3n) is 2.51. The minimum atomic E-state index is 0.796. The first-order chi connectivity index (χ1) is 8.79. The molecule has 0 spiro atoms. The molecular formula is C14H17N3S. The fraction of sp³-hybridized carbons (Fsp3) is 0.286. The van der Waals surface area contributed by atoms with Crippen molar-refractivity contribution in [3.63, 3.8) is 0 Å². The smallest absolute Gasteiger partial charge is 0.140 e. The maximum atomic E-state index is 4.46. The van der Waals surface area contributed by atoms with Crippen LogP contribution in [0.15, 0.2) is 41.4 Å². The highest BCUT2D eigenvalue weighted by atomic mass is 32.2. The van der Waals surface area contributed by atoms with Gasteiger partial charge in [-0.2, -0.15) is 0 Å². The average Bonchev–Trinajstić information content (AvgIpc) is 2.39. The van der Waals surface area contributed by atoms with Gasteiger partial charge in [-0.25, -0.2) is 9.97 Å². The second-order valence-corrected chi connectivity index (χ2v) is 4.96. The molecule has 0 aliphatic carbocycles. The minimum Gasteiger partial charge on any atom is -0.370 e. The van der Waals surface area contributed by atoms with Crippen LogP contribution < -0.4 is 5.32 Å². The summed E-state index contributed by atoms with van der Waals surface area (Å²) >= 11 is 1.77. The van der Waals surface area contributed by atoms with E-state index >= 15 is 0 Å². The zero-order valence-electron chi connectivity index (χ0n) is 10.7. The number of aromatic nitrogens is 2. The Kier molecular flexibility index (Phi) is 4.59. The van der Waals surface area contributed by atoms with Crippen LogP contribution in [0.3, 0.4) is 0 Å². The van der Waals surface area contributed by atoms with Gasteiger partial charge in [-0.3, -0.25) is 0 Å². The van der Waals surface area contributed by atoms with E-state index in [2.05, 4.69) is 53.4 Å². The first-order valence-corrected chi connectivity index (χ1v) is 7.02. The summed E-state index contributed by atoms with van der Waals surface area (Å²) in [6, 6.07) is 10.3. The summed E-state index contributed by atoms with van der Waals surface area (Å²) in [5.74, 6) is 2.55. The Bertz CT molecular complexity index is 514. The molecule has 0 saturated carbocycles. The number of hydrogen-bond donors (Lipinski definition) is 1. The molecular weight excluding hydrogens is 242 g/mol. The second-order valence-electron chi connectivity index (χ2n) is 3.94. The highest BCUT2D eigenvalue weighted by Gasteiger charge is 2.02. The zero-order valence-corrected chi connectivity index (χ0v) is 11.5. The molecule has 2 aromatic rings. The lowest BCUT2D eigenvalue weighted by atomic mass is 10.2. The van der Waals surface area contributed by atoms with E-state index in [9.17, 15) is 0 Å². The maximum Gasteiger partial charge on any atom is 0.140 e. The minimum absolute atomic E-state index is 0.796. The predicted molar refractivity (Wildman–Crippen MR) is 76.9 cm³/mol. The molecule has 4 heteroatoms. The van der Waals surface area contributed by atoms with Crippen molar-refractivity contribution in [2.24, 2.45) is 0 Å². The summed E-state index contributed by atoms with van der Waals surface area (Å²) in [5, 5.41) is 3.20. The van der Waals surface area contributed by atoms with E-state index in [1.807, 2.05) is 6.07 Å². The first kappa shape index (κ1) is 12.9. The van der Waals surface area contributed by atoms with Crippen LogP contribution in [0.2, 0.25) is 0 Å². The predicted octanol–water partition coefficient (Wildman–Crippen LogP) is 3.51. The van der Waals surface area contributed by atoms with Gasteiger partial charge >= 0.3 is 0 Å². The van der Waals surface area contributed by atoms with Crippen LogP contribution in [0.25, 0.3) is 0 Å². The van der Waals surface area contributed by atoms with Crippen molar-refractivity contribution in [3.8, 4) is 0 Å². The highest BCUT2D eigenvalue weighted by Crippen LogP contribution is 2.24. The van der Waals surface area contributed by atoms with Gasteiger partial charge in [-0.15, -0.1) is 11.8 Å². The Labute approximate surface area is 112 Å². The van der Waals surface area contributed by atoms with E-state index in [0.29, 0.717) is 0 Å². The standard InChI is InChI=1S/C14H17N3S/c1-3-15-13-8-9-16-14(17-13)10-18-12-7-5-4-6-11(12)2/h4-9H,3,10H2,1-2H3,(H,15,16,17). The van der Waals surface area contributed by atoms with Gasteiger partial charge in [0.1, 0.15) is 11.6 Å². The fourth-order valence-electron chi connectivity index (χ4n) is 1.61. The Hall–Kier alpha value is -1.55. The number of aryl methyl sites for hydroxylation is 1. The number of anilines is 1. The van der Waals surface area contributed by atoms with E-state index in [1.165, 1.54) is 10.5 Å². The van der Waals surface area contributed by atoms with Gasteiger partial charge in [0.15, 0.2) is 0 Å². The molecule has 0 amide bonds. The van der Waals surface area contributed by atoms with Crippen LogP contribution >= 0.6 is 11.8 Å². The largest absolute Gasteiger partial charge is 0.370 e. The lowest BCUT2D eigenvalue weighted by Crippen LogP contribution is -2.02. The Morgan fingerprint density at radius 3 is 2.83 bits per heavy atom. The highest BCUT2D eigenvalue weighted by molar-refractivity contribution is 7.98. The van der Waals surface area contributed by atoms with Crippen molar-refractivity contribution in [3.05, 3.63) is 47.9 Å². The SMILES string of the molecule is CCNc1ccnc(CSc2ccccc2C)n1. The molecule has 18 heavy (non-hydrogen) atoms. The summed E-state index contributed by atoms with van der Waals surface area (Å²) in [4.78, 5) is 10.0. The van der Waals surface area contributed by atoms with Crippen LogP contribution in [0.1, 0.15) is 18.3 Å². The van der Waals surface area contributed by atoms with Crippen molar-refractivity contribution in [1.82, 2.24) is 9.97 Å². The van der Waals surface area contributed by atoms with E-state index < -0.39 is 0 Å². The molecule has 0 unspecified atom stereocenters. The number of benzene rings is 1. The lowest BCUT2D eigenvalue weighted by molar-refractivity contribution is 1.02. The number of rotatable bonds is 5. The second kappa shape index (κ2) is 6.40. The molecule has 2 rings (SSSR count). The summed E-state index contributed by atoms with van der Waals surface area (Å²) in [6.07, 6.45) is 1.80. The number of hydrogen-bond acceptors (Lipinski definition) is 4. The van der Waals surface area contributed by atoms with Gasteiger partial charge in [0.25, 0.3) is 0 Å². The van der Waals surface area contributed by atoms with Crippen molar-refractivity contribution >= 4 is 17.6 Å². The molecule has 0 aliphatic heterocycles. The van der Waals surface area contributed by atoms with E-state index in [1.54, 1.807) is 18.0 Å². The summed E-state index contributed by atoms with van der Waals surface area (Å²) in [5.41, 5.74) is 1.30. The van der Waals surface area contributed by atoms with E-state index in [4.69, 9.17) is 0 Å². The molecule has 0 bridgehead atoms. The normalized spacial score (nSPS) is 10.3. The molecule has 0 fully saturated rings. The fourth-order valence-corrected chi connectivity index (χ4v) is 2.50. The molecule has 0 radical (unpaired) electrons. The quantitative estimate of drug-likeness (QED) is 0.834. The molecule has 1 heterocycles. The number of nitrogens with one attached hydrogen (secondary N) is 1. The van der Waals surface area contributed by atoms with E-state index in [-0.39, 0.29) is 0 Å². The maximum absolute atomic E-state index is 4.46. The molecule has 0 saturated heterocycles. The van der Waals surface area contributed by atoms with Crippen molar-refractivity contribution < 1.29 is 0 Å². The van der Waals surface area contributed by atoms with Crippen LogP contribution in [0.5, 0.6) is 0 Å². The third-order valence-corrected chi connectivity index (χ3v) is 3.69. The van der Waals surface area contributed by atoms with Crippen molar-refractivity contribution in [2.45, 2.75) is 24.5 Å². The molecule has 1 aromatic heterocycles. The topological polar surface area (TPSA) is 37.8 Å². The monoisotopic (exact) mass is 259 g/mol. The first-order valence-electron chi connectivity index (χ1n) is 6.04. The Balaban J connectivity index is 2.02. The van der Waals surface area contributed by atoms with Crippen LogP contribution in [-0.4, -0.2) is 16.5 Å². The van der Waals surface area contributed by atoms with Crippen molar-refractivity contribution in [2.75, 3.05) is 11.9 Å². The average molecular weight is 259 g/mol. The summed E-state index contributed by atoms with van der Waals surface area (Å²) in [6.45, 7) is 5.06. The molecule has 1 N–H and O–H groups in total. The third kappa shape index (κ3) is 3.47. The molecule has 94 valence electrons. The Morgan fingerprint density at radius 1 is 1.22 bits per heavy atom. The number of thioether (sulfide) groups is 1. The zero-order chi connectivity index (χ0) is 12.8. The lowest BCUT2D eigenvalue weighted by Gasteiger charge is -2.06. The van der Waals surface area contributed by atoms with Gasteiger partial charge in [0.05, 0.1) is 5.75 Å². The van der Waals surface area contributed by atoms with Gasteiger partial charge in [-0.1, -0.05) is 18.2 Å². The molecule has 0 aliphatic rings. The molecule has 1 aromatic carbocycles. The van der Waals surface area contributed by atoms with Crippen LogP contribution in [0, 0.1) is 6.92 Å². The Morgan fingerprint density at radius 2 is 2.06 bits per heavy atom. The molecule has 0 atom stereocenters. The molecule has 3 nitrogen and oxygen atoms in total. The van der Waals surface area contributed by atoms with Gasteiger partial charge < -0.3 is 5.32 Å². The summed E-state index contributed by atoms with van der Waals surface area (Å²) in [7, 11) is 0. The van der Waals surface area contributed by atoms with Crippen LogP contribution in [-0.2, 0) is 5.75 Å².